The van der Waals surface area contributed by atoms with Gasteiger partial charge in [-0.25, -0.2) is 14.4 Å². The molecule has 4 rings (SSSR count). The first kappa shape index (κ1) is 23.6. The quantitative estimate of drug-likeness (QED) is 0.327. The van der Waals surface area contributed by atoms with E-state index in [2.05, 4.69) is 32.5 Å². The summed E-state index contributed by atoms with van der Waals surface area (Å²) in [6, 6.07) is 14.2. The first-order chi connectivity index (χ1) is 16.8. The fourth-order valence-electron chi connectivity index (χ4n) is 3.85. The molecule has 35 heavy (non-hydrogen) atoms. The van der Waals surface area contributed by atoms with Gasteiger partial charge in [-0.3, -0.25) is 9.59 Å². The van der Waals surface area contributed by atoms with Crippen LogP contribution in [0.15, 0.2) is 67.4 Å². The zero-order valence-electron chi connectivity index (χ0n) is 19.6. The molecular weight excluding hydrogens is 447 g/mol. The second-order valence-electron chi connectivity index (χ2n) is 8.14. The zero-order chi connectivity index (χ0) is 25.1. The van der Waals surface area contributed by atoms with Crippen LogP contribution >= 0.6 is 0 Å². The summed E-state index contributed by atoms with van der Waals surface area (Å²) in [5.41, 5.74) is 3.19. The zero-order valence-corrected chi connectivity index (χ0v) is 19.6. The minimum atomic E-state index is -0.573. The SMILES string of the molecule is C=CC(=O)Nc1cccc(Nc2ncc(F)c(-c3ccc4cc(C(=O)NC)n(C(C)C)c4c3)n2)c1. The number of nitrogens with zero attached hydrogens (tertiary/aromatic N) is 3. The van der Waals surface area contributed by atoms with E-state index in [9.17, 15) is 14.0 Å². The van der Waals surface area contributed by atoms with Gasteiger partial charge in [-0.05, 0) is 50.3 Å². The third-order valence-corrected chi connectivity index (χ3v) is 5.41. The van der Waals surface area contributed by atoms with Crippen molar-refractivity contribution in [2.75, 3.05) is 17.7 Å². The highest BCUT2D eigenvalue weighted by molar-refractivity contribution is 6.00. The molecule has 0 aliphatic rings. The Labute approximate surface area is 201 Å². The molecule has 0 aliphatic heterocycles. The van der Waals surface area contributed by atoms with Crippen LogP contribution in [0.2, 0.25) is 0 Å². The van der Waals surface area contributed by atoms with Crippen molar-refractivity contribution in [3.8, 4) is 11.3 Å². The van der Waals surface area contributed by atoms with Crippen LogP contribution in [0.1, 0.15) is 30.4 Å². The van der Waals surface area contributed by atoms with Gasteiger partial charge in [-0.1, -0.05) is 24.8 Å². The molecule has 4 aromatic rings. The van der Waals surface area contributed by atoms with Gasteiger partial charge >= 0.3 is 0 Å². The number of aromatic nitrogens is 3. The molecule has 0 atom stereocenters. The Hall–Kier alpha value is -4.53. The molecule has 2 heterocycles. The topological polar surface area (TPSA) is 101 Å². The lowest BCUT2D eigenvalue weighted by Gasteiger charge is -2.14. The van der Waals surface area contributed by atoms with Gasteiger partial charge in [0.2, 0.25) is 11.9 Å². The van der Waals surface area contributed by atoms with Crippen LogP contribution in [0.4, 0.5) is 21.7 Å². The van der Waals surface area contributed by atoms with Crippen LogP contribution < -0.4 is 16.0 Å². The van der Waals surface area contributed by atoms with Gasteiger partial charge in [0, 0.05) is 40.9 Å². The summed E-state index contributed by atoms with van der Waals surface area (Å²) < 4.78 is 16.7. The maximum atomic E-state index is 14.8. The number of carbonyl (C=O) groups excluding carboxylic acids is 2. The van der Waals surface area contributed by atoms with E-state index < -0.39 is 5.82 Å². The highest BCUT2D eigenvalue weighted by atomic mass is 19.1. The Kier molecular flexibility index (Phi) is 6.59. The lowest BCUT2D eigenvalue weighted by molar-refractivity contribution is -0.111. The minimum absolute atomic E-state index is 0.0105. The molecule has 0 unspecified atom stereocenters. The van der Waals surface area contributed by atoms with Crippen LogP contribution in [-0.4, -0.2) is 33.4 Å². The van der Waals surface area contributed by atoms with Crippen LogP contribution in [0.25, 0.3) is 22.2 Å². The van der Waals surface area contributed by atoms with E-state index in [0.29, 0.717) is 22.6 Å². The summed E-state index contributed by atoms with van der Waals surface area (Å²) in [6.07, 6.45) is 2.29. The van der Waals surface area contributed by atoms with Gasteiger partial charge in [-0.15, -0.1) is 0 Å². The van der Waals surface area contributed by atoms with E-state index in [4.69, 9.17) is 0 Å². The smallest absolute Gasteiger partial charge is 0.267 e. The molecule has 0 fully saturated rings. The molecule has 0 bridgehead atoms. The van der Waals surface area contributed by atoms with Crippen molar-refractivity contribution < 1.29 is 14.0 Å². The number of hydrogen-bond acceptors (Lipinski definition) is 5. The summed E-state index contributed by atoms with van der Waals surface area (Å²) in [7, 11) is 1.59. The first-order valence-corrected chi connectivity index (χ1v) is 11.0. The van der Waals surface area contributed by atoms with Crippen molar-refractivity contribution in [3.05, 3.63) is 78.9 Å². The Bertz CT molecular complexity index is 1440. The van der Waals surface area contributed by atoms with Gasteiger partial charge in [0.1, 0.15) is 11.4 Å². The van der Waals surface area contributed by atoms with E-state index in [1.807, 2.05) is 36.6 Å². The van der Waals surface area contributed by atoms with Crippen LogP contribution in [0, 0.1) is 5.82 Å². The normalized spacial score (nSPS) is 10.9. The first-order valence-electron chi connectivity index (χ1n) is 11.0. The maximum Gasteiger partial charge on any atom is 0.267 e. The predicted octanol–water partition coefficient (Wildman–Crippen LogP) is 5.05. The number of fused-ring (bicyclic) bond motifs is 1. The summed E-state index contributed by atoms with van der Waals surface area (Å²) >= 11 is 0. The second-order valence-corrected chi connectivity index (χ2v) is 8.14. The molecular formula is C26H25FN6O2. The van der Waals surface area contributed by atoms with Crippen molar-refractivity contribution in [2.24, 2.45) is 0 Å². The molecule has 2 aromatic heterocycles. The minimum Gasteiger partial charge on any atom is -0.354 e. The highest BCUT2D eigenvalue weighted by Gasteiger charge is 2.18. The van der Waals surface area contributed by atoms with Crippen molar-refractivity contribution >= 4 is 40.0 Å². The molecule has 0 aliphatic carbocycles. The lowest BCUT2D eigenvalue weighted by atomic mass is 10.1. The molecule has 0 saturated heterocycles. The predicted molar refractivity (Wildman–Crippen MR) is 135 cm³/mol. The summed E-state index contributed by atoms with van der Waals surface area (Å²) in [5.74, 6) is -0.902. The van der Waals surface area contributed by atoms with Gasteiger partial charge in [0.15, 0.2) is 5.82 Å². The lowest BCUT2D eigenvalue weighted by Crippen LogP contribution is -2.22. The van der Waals surface area contributed by atoms with Gasteiger partial charge in [0.25, 0.3) is 5.91 Å². The monoisotopic (exact) mass is 472 g/mol. The Morgan fingerprint density at radius 3 is 2.60 bits per heavy atom. The molecule has 3 N–H and O–H groups in total. The van der Waals surface area contributed by atoms with Crippen molar-refractivity contribution in [1.29, 1.82) is 0 Å². The van der Waals surface area contributed by atoms with E-state index in [-0.39, 0.29) is 29.5 Å². The number of anilines is 3. The number of nitrogens with one attached hydrogen (secondary N) is 3. The standard InChI is InChI=1S/C26H25FN6O2/c1-5-23(34)30-18-7-6-8-19(13-18)31-26-29-14-20(27)24(32-26)17-10-9-16-11-22(25(35)28-4)33(15(2)3)21(16)12-17/h5-15H,1H2,2-4H3,(H,28,35)(H,30,34)(H,29,31,32). The fraction of sp³-hybridized carbons (Fsp3) is 0.154. The number of rotatable bonds is 7. The van der Waals surface area contributed by atoms with E-state index in [1.165, 1.54) is 6.08 Å². The van der Waals surface area contributed by atoms with Crippen LogP contribution in [0.5, 0.6) is 0 Å². The third-order valence-electron chi connectivity index (χ3n) is 5.41. The molecule has 178 valence electrons. The Balaban J connectivity index is 1.71. The third kappa shape index (κ3) is 4.89. The number of amides is 2. The van der Waals surface area contributed by atoms with Crippen molar-refractivity contribution in [3.63, 3.8) is 0 Å². The van der Waals surface area contributed by atoms with Gasteiger partial charge in [0.05, 0.1) is 6.20 Å². The molecule has 9 heteroatoms. The van der Waals surface area contributed by atoms with E-state index in [1.54, 1.807) is 37.4 Å². The average molecular weight is 473 g/mol. The number of halogens is 1. The van der Waals surface area contributed by atoms with E-state index in [0.717, 1.165) is 17.1 Å². The average Bonchev–Trinajstić information content (AvgIpc) is 3.24. The molecule has 2 amide bonds. The Morgan fingerprint density at radius 2 is 1.89 bits per heavy atom. The molecule has 0 radical (unpaired) electrons. The molecule has 0 saturated carbocycles. The largest absolute Gasteiger partial charge is 0.354 e. The molecule has 0 spiro atoms. The van der Waals surface area contributed by atoms with Crippen molar-refractivity contribution in [2.45, 2.75) is 19.9 Å². The molecule has 8 nitrogen and oxygen atoms in total. The molecule has 2 aromatic carbocycles. The van der Waals surface area contributed by atoms with Crippen LogP contribution in [-0.2, 0) is 4.79 Å². The second kappa shape index (κ2) is 9.76. The highest BCUT2D eigenvalue weighted by Crippen LogP contribution is 2.30. The van der Waals surface area contributed by atoms with Gasteiger partial charge < -0.3 is 20.5 Å². The summed E-state index contributed by atoms with van der Waals surface area (Å²) in [4.78, 5) is 32.4. The maximum absolute atomic E-state index is 14.8. The van der Waals surface area contributed by atoms with Crippen molar-refractivity contribution in [1.82, 2.24) is 19.9 Å². The number of carbonyl (C=O) groups is 2. The Morgan fingerprint density at radius 1 is 1.11 bits per heavy atom. The van der Waals surface area contributed by atoms with E-state index >= 15 is 0 Å². The summed E-state index contributed by atoms with van der Waals surface area (Å²) in [5, 5.41) is 9.26. The van der Waals surface area contributed by atoms with Crippen LogP contribution in [0.3, 0.4) is 0 Å². The fourth-order valence-corrected chi connectivity index (χ4v) is 3.85. The summed E-state index contributed by atoms with van der Waals surface area (Å²) in [6.45, 7) is 7.40. The number of hydrogen-bond donors (Lipinski definition) is 3. The number of benzene rings is 2. The van der Waals surface area contributed by atoms with Gasteiger partial charge in [-0.2, -0.15) is 0 Å².